The Bertz CT molecular complexity index is 452. The molecule has 0 saturated heterocycles. The van der Waals surface area contributed by atoms with Crippen LogP contribution in [-0.4, -0.2) is 62.4 Å². The van der Waals surface area contributed by atoms with E-state index in [0.29, 0.717) is 6.42 Å². The van der Waals surface area contributed by atoms with E-state index in [1.165, 1.54) is 20.8 Å². The van der Waals surface area contributed by atoms with Crippen molar-refractivity contribution >= 4 is 17.9 Å². The summed E-state index contributed by atoms with van der Waals surface area (Å²) in [6.07, 6.45) is 9.58. The molecule has 3 atom stereocenters. The van der Waals surface area contributed by atoms with Crippen LogP contribution in [0.4, 0.5) is 0 Å². The van der Waals surface area contributed by atoms with Crippen molar-refractivity contribution in [1.29, 1.82) is 0 Å². The smallest absolute Gasteiger partial charge is 0.362 e. The Labute approximate surface area is 155 Å². The number of carboxylic acids is 3. The molecule has 3 unspecified atom stereocenters. The lowest BCUT2D eigenvalue weighted by atomic mass is 10.00. The van der Waals surface area contributed by atoms with Crippen molar-refractivity contribution in [1.82, 2.24) is 0 Å². The molecule has 0 aliphatic heterocycles. The van der Waals surface area contributed by atoms with Gasteiger partial charge in [-0.3, -0.25) is 4.48 Å². The number of carbonyl (C=O) groups is 3. The Morgan fingerprint density at radius 2 is 1.19 bits per heavy atom. The van der Waals surface area contributed by atoms with Gasteiger partial charge >= 0.3 is 17.9 Å². The van der Waals surface area contributed by atoms with Crippen molar-refractivity contribution < 1.29 is 34.2 Å². The summed E-state index contributed by atoms with van der Waals surface area (Å²) in [7, 11) is 0. The standard InChI is InChI=1S/C19H33NO6/c1-5-6-7-8-9-10-11-12-13-20(14(2)17(21)22,15(3)18(23)24)16(4)19(25)26/h7-8,14-16H,5-6,9-13H2,1-4H3,(H2-,21,22,23,24,25,26)/p+1/b8-7+. The van der Waals surface area contributed by atoms with Gasteiger partial charge in [0.2, 0.25) is 0 Å². The average Bonchev–Trinajstić information content (AvgIpc) is 2.58. The number of nitrogens with zero attached hydrogens (tertiary/aromatic N) is 1. The van der Waals surface area contributed by atoms with Crippen LogP contribution in [-0.2, 0) is 14.4 Å². The minimum atomic E-state index is -1.19. The summed E-state index contributed by atoms with van der Waals surface area (Å²) in [4.78, 5) is 34.9. The van der Waals surface area contributed by atoms with Crippen LogP contribution in [0, 0.1) is 0 Å². The van der Waals surface area contributed by atoms with Crippen molar-refractivity contribution in [3.63, 3.8) is 0 Å². The SMILES string of the molecule is CCC/C=C/CCCCC[N+](C(C)C(=O)O)(C(C)C(=O)O)C(C)C(=O)O. The summed E-state index contributed by atoms with van der Waals surface area (Å²) in [6.45, 7) is 6.50. The van der Waals surface area contributed by atoms with E-state index in [1.54, 1.807) is 0 Å². The third kappa shape index (κ3) is 6.44. The number of hydrogen-bond acceptors (Lipinski definition) is 3. The average molecular weight is 372 g/mol. The van der Waals surface area contributed by atoms with Gasteiger partial charge in [-0.05, 0) is 52.9 Å². The molecule has 0 aromatic heterocycles. The van der Waals surface area contributed by atoms with E-state index in [2.05, 4.69) is 19.1 Å². The lowest BCUT2D eigenvalue weighted by molar-refractivity contribution is -0.968. The third-order valence-corrected chi connectivity index (χ3v) is 5.27. The number of carboxylic acid groups (broad SMARTS) is 3. The van der Waals surface area contributed by atoms with Crippen LogP contribution in [0.5, 0.6) is 0 Å². The number of allylic oxidation sites excluding steroid dienone is 2. The number of aliphatic carboxylic acids is 3. The molecular weight excluding hydrogens is 338 g/mol. The topological polar surface area (TPSA) is 112 Å². The number of quaternary nitrogens is 1. The van der Waals surface area contributed by atoms with Crippen molar-refractivity contribution in [2.24, 2.45) is 0 Å². The Kier molecular flexibility index (Phi) is 10.8. The molecule has 0 heterocycles. The first-order valence-corrected chi connectivity index (χ1v) is 9.33. The largest absolute Gasteiger partial charge is 0.477 e. The Morgan fingerprint density at radius 3 is 1.58 bits per heavy atom. The fraction of sp³-hybridized carbons (Fsp3) is 0.737. The van der Waals surface area contributed by atoms with Crippen LogP contribution in [0.15, 0.2) is 12.2 Å². The Balaban J connectivity index is 5.27. The monoisotopic (exact) mass is 372 g/mol. The van der Waals surface area contributed by atoms with Gasteiger partial charge in [0.25, 0.3) is 0 Å². The first-order chi connectivity index (χ1) is 12.1. The minimum absolute atomic E-state index is 0.201. The summed E-state index contributed by atoms with van der Waals surface area (Å²) in [5, 5.41) is 28.5. The Hall–Kier alpha value is -1.89. The van der Waals surface area contributed by atoms with Gasteiger partial charge in [-0.15, -0.1) is 0 Å². The van der Waals surface area contributed by atoms with Gasteiger partial charge < -0.3 is 15.3 Å². The van der Waals surface area contributed by atoms with E-state index < -0.39 is 40.5 Å². The zero-order valence-electron chi connectivity index (χ0n) is 16.4. The van der Waals surface area contributed by atoms with Gasteiger partial charge in [0, 0.05) is 0 Å². The van der Waals surface area contributed by atoms with E-state index in [1.807, 2.05) is 0 Å². The summed E-state index contributed by atoms with van der Waals surface area (Å²) in [5.74, 6) is -3.56. The van der Waals surface area contributed by atoms with Gasteiger partial charge in [0.1, 0.15) is 0 Å². The zero-order valence-corrected chi connectivity index (χ0v) is 16.4. The summed E-state index contributed by atoms with van der Waals surface area (Å²) < 4.78 is -0.494. The molecule has 0 radical (unpaired) electrons. The molecule has 0 rings (SSSR count). The normalized spacial score (nSPS) is 17.4. The number of unbranched alkanes of at least 4 members (excludes halogenated alkanes) is 4. The highest BCUT2D eigenvalue weighted by Crippen LogP contribution is 2.27. The molecule has 3 N–H and O–H groups in total. The molecule has 0 amide bonds. The molecule has 7 heteroatoms. The van der Waals surface area contributed by atoms with Gasteiger partial charge in [0.05, 0.1) is 6.54 Å². The molecule has 0 fully saturated rings. The quantitative estimate of drug-likeness (QED) is 0.245. The predicted molar refractivity (Wildman–Crippen MR) is 98.9 cm³/mol. The second-order valence-corrected chi connectivity index (χ2v) is 6.87. The van der Waals surface area contributed by atoms with Crippen LogP contribution < -0.4 is 0 Å². The zero-order chi connectivity index (χ0) is 20.3. The van der Waals surface area contributed by atoms with Crippen molar-refractivity contribution in [2.75, 3.05) is 6.54 Å². The molecule has 26 heavy (non-hydrogen) atoms. The number of hydrogen-bond donors (Lipinski definition) is 3. The van der Waals surface area contributed by atoms with Crippen LogP contribution in [0.2, 0.25) is 0 Å². The lowest BCUT2D eigenvalue weighted by Gasteiger charge is -2.47. The second-order valence-electron chi connectivity index (χ2n) is 6.87. The number of rotatable bonds is 14. The first kappa shape index (κ1) is 24.1. The maximum Gasteiger partial charge on any atom is 0.362 e. The lowest BCUT2D eigenvalue weighted by Crippen LogP contribution is -2.70. The fourth-order valence-electron chi connectivity index (χ4n) is 3.43. The highest BCUT2D eigenvalue weighted by molar-refractivity contribution is 5.77. The first-order valence-electron chi connectivity index (χ1n) is 9.33. The minimum Gasteiger partial charge on any atom is -0.477 e. The maximum atomic E-state index is 11.6. The van der Waals surface area contributed by atoms with Gasteiger partial charge in [-0.2, -0.15) is 0 Å². The van der Waals surface area contributed by atoms with Crippen molar-refractivity contribution in [3.05, 3.63) is 12.2 Å². The molecule has 0 aliphatic rings. The van der Waals surface area contributed by atoms with Crippen LogP contribution in [0.25, 0.3) is 0 Å². The molecule has 0 aliphatic carbocycles. The molecule has 7 nitrogen and oxygen atoms in total. The Morgan fingerprint density at radius 1 is 0.769 bits per heavy atom. The van der Waals surface area contributed by atoms with Crippen LogP contribution in [0.3, 0.4) is 0 Å². The molecule has 0 aromatic rings. The van der Waals surface area contributed by atoms with E-state index in [-0.39, 0.29) is 6.54 Å². The highest BCUT2D eigenvalue weighted by atomic mass is 16.4. The predicted octanol–water partition coefficient (Wildman–Crippen LogP) is 3.14. The van der Waals surface area contributed by atoms with E-state index >= 15 is 0 Å². The molecule has 0 spiro atoms. The molecule has 0 aromatic carbocycles. The van der Waals surface area contributed by atoms with E-state index in [0.717, 1.165) is 32.1 Å². The molecule has 0 bridgehead atoms. The van der Waals surface area contributed by atoms with Crippen LogP contribution >= 0.6 is 0 Å². The third-order valence-electron chi connectivity index (χ3n) is 5.27. The molecule has 0 saturated carbocycles. The van der Waals surface area contributed by atoms with Gasteiger partial charge in [-0.1, -0.05) is 25.5 Å². The summed E-state index contributed by atoms with van der Waals surface area (Å²) in [6, 6.07) is -3.38. The van der Waals surface area contributed by atoms with Crippen molar-refractivity contribution in [2.45, 2.75) is 84.3 Å². The van der Waals surface area contributed by atoms with Crippen molar-refractivity contribution in [3.8, 4) is 0 Å². The summed E-state index contributed by atoms with van der Waals surface area (Å²) in [5.41, 5.74) is 0. The van der Waals surface area contributed by atoms with E-state index in [9.17, 15) is 29.7 Å². The molecular formula is C19H34NO6+. The van der Waals surface area contributed by atoms with Crippen LogP contribution in [0.1, 0.15) is 66.2 Å². The highest BCUT2D eigenvalue weighted by Gasteiger charge is 2.52. The van der Waals surface area contributed by atoms with Gasteiger partial charge in [-0.25, -0.2) is 14.4 Å². The van der Waals surface area contributed by atoms with E-state index in [4.69, 9.17) is 0 Å². The fourth-order valence-corrected chi connectivity index (χ4v) is 3.43. The molecule has 150 valence electrons. The summed E-state index contributed by atoms with van der Waals surface area (Å²) >= 11 is 0. The maximum absolute atomic E-state index is 11.6. The second kappa shape index (κ2) is 11.7. The van der Waals surface area contributed by atoms with Gasteiger partial charge in [0.15, 0.2) is 18.1 Å².